The normalized spacial score (nSPS) is 23.4. The summed E-state index contributed by atoms with van der Waals surface area (Å²) in [4.78, 5) is 11.5. The Morgan fingerprint density at radius 2 is 1.79 bits per heavy atom. The van der Waals surface area contributed by atoms with Crippen LogP contribution in [0.3, 0.4) is 0 Å². The maximum Gasteiger partial charge on any atom is 0.225 e. The van der Waals surface area contributed by atoms with Crippen LogP contribution in [0.25, 0.3) is 0 Å². The highest BCUT2D eigenvalue weighted by Gasteiger charge is 2.26. The summed E-state index contributed by atoms with van der Waals surface area (Å²) < 4.78 is 0. The quantitative estimate of drug-likeness (QED) is 0.587. The number of amides is 1. The van der Waals surface area contributed by atoms with Crippen molar-refractivity contribution in [2.75, 3.05) is 26.2 Å². The molecule has 2 saturated heterocycles. The molecule has 5 heteroatoms. The van der Waals surface area contributed by atoms with Gasteiger partial charge < -0.3 is 16.0 Å². The Balaban J connectivity index is 0.000000980. The fourth-order valence-corrected chi connectivity index (χ4v) is 1.76. The largest absolute Gasteiger partial charge is 0.353 e. The summed E-state index contributed by atoms with van der Waals surface area (Å²) >= 11 is 0. The van der Waals surface area contributed by atoms with E-state index in [4.69, 9.17) is 0 Å². The molecule has 4 nitrogen and oxygen atoms in total. The summed E-state index contributed by atoms with van der Waals surface area (Å²) in [5.74, 6) is 0.473. The molecule has 82 valence electrons. The number of carbonyl (C=O) groups excluding carboxylic acids is 1. The molecule has 2 aliphatic rings. The maximum atomic E-state index is 11.5. The van der Waals surface area contributed by atoms with E-state index in [2.05, 4.69) is 16.0 Å². The second kappa shape index (κ2) is 5.53. The molecule has 0 spiro atoms. The number of hydrogen-bond donors (Lipinski definition) is 3. The minimum absolute atomic E-state index is 0. The molecule has 2 rings (SSSR count). The topological polar surface area (TPSA) is 53.2 Å². The van der Waals surface area contributed by atoms with Crippen LogP contribution in [0.15, 0.2) is 0 Å². The van der Waals surface area contributed by atoms with Crippen molar-refractivity contribution < 1.29 is 4.79 Å². The zero-order valence-corrected chi connectivity index (χ0v) is 9.03. The van der Waals surface area contributed by atoms with Crippen LogP contribution in [-0.4, -0.2) is 38.1 Å². The smallest absolute Gasteiger partial charge is 0.225 e. The molecular weight excluding hydrogens is 202 g/mol. The first kappa shape index (κ1) is 11.8. The van der Waals surface area contributed by atoms with Crippen LogP contribution in [0.5, 0.6) is 0 Å². The van der Waals surface area contributed by atoms with Crippen LogP contribution in [-0.2, 0) is 4.79 Å². The second-order valence-electron chi connectivity index (χ2n) is 3.89. The van der Waals surface area contributed by atoms with Crippen molar-refractivity contribution in [2.45, 2.75) is 18.9 Å². The van der Waals surface area contributed by atoms with Crippen LogP contribution in [0.1, 0.15) is 12.8 Å². The number of rotatable bonds is 2. The van der Waals surface area contributed by atoms with Crippen molar-refractivity contribution in [3.05, 3.63) is 0 Å². The summed E-state index contributed by atoms with van der Waals surface area (Å²) in [6, 6.07) is 0.411. The zero-order chi connectivity index (χ0) is 9.10. The Hall–Kier alpha value is -0.320. The number of halogens is 1. The van der Waals surface area contributed by atoms with E-state index in [1.165, 1.54) is 0 Å². The maximum absolute atomic E-state index is 11.5. The van der Waals surface area contributed by atoms with Crippen molar-refractivity contribution in [1.82, 2.24) is 16.0 Å². The van der Waals surface area contributed by atoms with E-state index >= 15 is 0 Å². The lowest BCUT2D eigenvalue weighted by Crippen LogP contribution is -2.54. The number of nitrogens with one attached hydrogen (secondary N) is 3. The first-order valence-corrected chi connectivity index (χ1v) is 5.08. The highest BCUT2D eigenvalue weighted by atomic mass is 35.5. The Labute approximate surface area is 90.6 Å². The SMILES string of the molecule is Cl.O=C(NC1CCNCC1)C1CNC1. The standard InChI is InChI=1S/C9H17N3O.ClH/c13-9(7-5-11-6-7)12-8-1-3-10-4-2-8;/h7-8,10-11H,1-6H2,(H,12,13);1H. The van der Waals surface area contributed by atoms with Gasteiger partial charge in [-0.15, -0.1) is 12.4 Å². The van der Waals surface area contributed by atoms with Crippen molar-refractivity contribution in [3.63, 3.8) is 0 Å². The molecule has 0 bridgehead atoms. The number of carbonyl (C=O) groups is 1. The third kappa shape index (κ3) is 2.83. The van der Waals surface area contributed by atoms with Gasteiger partial charge in [0.05, 0.1) is 5.92 Å². The molecule has 0 radical (unpaired) electrons. The van der Waals surface area contributed by atoms with Gasteiger partial charge in [-0.1, -0.05) is 0 Å². The first-order chi connectivity index (χ1) is 6.36. The highest BCUT2D eigenvalue weighted by molar-refractivity contribution is 5.85. The predicted octanol–water partition coefficient (Wildman–Crippen LogP) is -0.504. The van der Waals surface area contributed by atoms with Gasteiger partial charge in [0.15, 0.2) is 0 Å². The molecule has 0 aromatic heterocycles. The summed E-state index contributed by atoms with van der Waals surface area (Å²) in [5.41, 5.74) is 0. The molecule has 14 heavy (non-hydrogen) atoms. The van der Waals surface area contributed by atoms with Crippen molar-refractivity contribution in [1.29, 1.82) is 0 Å². The van der Waals surface area contributed by atoms with Gasteiger partial charge >= 0.3 is 0 Å². The van der Waals surface area contributed by atoms with E-state index in [1.807, 2.05) is 0 Å². The molecule has 0 aromatic rings. The van der Waals surface area contributed by atoms with Gasteiger partial charge in [-0.3, -0.25) is 4.79 Å². The van der Waals surface area contributed by atoms with E-state index in [0.29, 0.717) is 6.04 Å². The van der Waals surface area contributed by atoms with Crippen molar-refractivity contribution in [3.8, 4) is 0 Å². The summed E-state index contributed by atoms with van der Waals surface area (Å²) in [5, 5.41) is 9.49. The fourth-order valence-electron chi connectivity index (χ4n) is 1.76. The average Bonchev–Trinajstić information content (AvgIpc) is 2.02. The van der Waals surface area contributed by atoms with E-state index in [-0.39, 0.29) is 24.2 Å². The van der Waals surface area contributed by atoms with Crippen LogP contribution in [0.2, 0.25) is 0 Å². The highest BCUT2D eigenvalue weighted by Crippen LogP contribution is 2.06. The van der Waals surface area contributed by atoms with Gasteiger partial charge in [0.25, 0.3) is 0 Å². The van der Waals surface area contributed by atoms with Crippen LogP contribution in [0.4, 0.5) is 0 Å². The van der Waals surface area contributed by atoms with Gasteiger partial charge in [-0.2, -0.15) is 0 Å². The molecular formula is C9H18ClN3O. The molecule has 0 unspecified atom stereocenters. The lowest BCUT2D eigenvalue weighted by molar-refractivity contribution is -0.127. The molecule has 2 heterocycles. The van der Waals surface area contributed by atoms with Crippen LogP contribution >= 0.6 is 12.4 Å². The lowest BCUT2D eigenvalue weighted by Gasteiger charge is -2.30. The molecule has 1 amide bonds. The first-order valence-electron chi connectivity index (χ1n) is 5.08. The van der Waals surface area contributed by atoms with Crippen molar-refractivity contribution in [2.24, 2.45) is 5.92 Å². The Bertz CT molecular complexity index is 190. The van der Waals surface area contributed by atoms with E-state index in [1.54, 1.807) is 0 Å². The number of hydrogen-bond acceptors (Lipinski definition) is 3. The third-order valence-electron chi connectivity index (χ3n) is 2.84. The average molecular weight is 220 g/mol. The summed E-state index contributed by atoms with van der Waals surface area (Å²) in [6.45, 7) is 3.79. The van der Waals surface area contributed by atoms with Crippen molar-refractivity contribution >= 4 is 18.3 Å². The monoisotopic (exact) mass is 219 g/mol. The molecule has 0 aromatic carbocycles. The molecule has 0 saturated carbocycles. The fraction of sp³-hybridized carbons (Fsp3) is 0.889. The molecule has 3 N–H and O–H groups in total. The van der Waals surface area contributed by atoms with E-state index in [9.17, 15) is 4.79 Å². The lowest BCUT2D eigenvalue weighted by atomic mass is 10.0. The van der Waals surface area contributed by atoms with E-state index in [0.717, 1.165) is 39.0 Å². The van der Waals surface area contributed by atoms with E-state index < -0.39 is 0 Å². The molecule has 2 fully saturated rings. The second-order valence-corrected chi connectivity index (χ2v) is 3.89. The van der Waals surface area contributed by atoms with Gasteiger partial charge in [0, 0.05) is 19.1 Å². The number of piperidine rings is 1. The summed E-state index contributed by atoms with van der Waals surface area (Å²) in [6.07, 6.45) is 2.15. The summed E-state index contributed by atoms with van der Waals surface area (Å²) in [7, 11) is 0. The van der Waals surface area contributed by atoms with Gasteiger partial charge in [0.2, 0.25) is 5.91 Å². The molecule has 0 aliphatic carbocycles. The third-order valence-corrected chi connectivity index (χ3v) is 2.84. The van der Waals surface area contributed by atoms with Crippen LogP contribution in [0, 0.1) is 5.92 Å². The molecule has 0 atom stereocenters. The minimum Gasteiger partial charge on any atom is -0.353 e. The molecule has 2 aliphatic heterocycles. The Morgan fingerprint density at radius 1 is 1.14 bits per heavy atom. The van der Waals surface area contributed by atoms with Gasteiger partial charge in [-0.05, 0) is 25.9 Å². The van der Waals surface area contributed by atoms with Gasteiger partial charge in [-0.25, -0.2) is 0 Å². The Kier molecular flexibility index (Phi) is 4.65. The predicted molar refractivity (Wildman–Crippen MR) is 57.6 cm³/mol. The van der Waals surface area contributed by atoms with Crippen LogP contribution < -0.4 is 16.0 Å². The zero-order valence-electron chi connectivity index (χ0n) is 8.21. The minimum atomic E-state index is 0. The Morgan fingerprint density at radius 3 is 2.29 bits per heavy atom. The van der Waals surface area contributed by atoms with Gasteiger partial charge in [0.1, 0.15) is 0 Å².